The van der Waals surface area contributed by atoms with E-state index in [0.717, 1.165) is 0 Å². The zero-order valence-corrected chi connectivity index (χ0v) is 17.4. The highest BCUT2D eigenvalue weighted by atomic mass is 35.5. The number of halogens is 4. The van der Waals surface area contributed by atoms with Crippen molar-refractivity contribution in [1.29, 1.82) is 0 Å². The van der Waals surface area contributed by atoms with Crippen LogP contribution in [0, 0.1) is 6.92 Å². The quantitative estimate of drug-likeness (QED) is 0.540. The first-order chi connectivity index (χ1) is 13.9. The third-order valence-electron chi connectivity index (χ3n) is 5.78. The van der Waals surface area contributed by atoms with E-state index < -0.39 is 29.7 Å². The van der Waals surface area contributed by atoms with Crippen molar-refractivity contribution >= 4 is 28.2 Å². The lowest BCUT2D eigenvalue weighted by Gasteiger charge is -2.49. The number of aromatic nitrogens is 2. The molecule has 3 aromatic rings. The van der Waals surface area contributed by atoms with E-state index in [1.807, 2.05) is 0 Å². The molecule has 0 bridgehead atoms. The molecule has 0 spiro atoms. The predicted octanol–water partition coefficient (Wildman–Crippen LogP) is 5.72. The second-order valence-corrected chi connectivity index (χ2v) is 8.88. The van der Waals surface area contributed by atoms with Crippen LogP contribution in [0.15, 0.2) is 42.6 Å². The minimum Gasteiger partial charge on any atom is -0.379 e. The van der Waals surface area contributed by atoms with E-state index in [1.165, 1.54) is 6.07 Å². The molecular formula is C22H21ClF3N3O. The Labute approximate surface area is 177 Å². The van der Waals surface area contributed by atoms with Gasteiger partial charge in [0.05, 0.1) is 11.6 Å². The van der Waals surface area contributed by atoms with Crippen molar-refractivity contribution in [3.05, 3.63) is 64.6 Å². The molecule has 1 aliphatic rings. The molecule has 30 heavy (non-hydrogen) atoms. The van der Waals surface area contributed by atoms with Gasteiger partial charge in [-0.2, -0.15) is 13.2 Å². The number of nitrogens with one attached hydrogen (secondary N) is 1. The van der Waals surface area contributed by atoms with Crippen molar-refractivity contribution in [3.8, 4) is 0 Å². The molecule has 158 valence electrons. The number of fused-ring (bicyclic) bond motifs is 2. The van der Waals surface area contributed by atoms with Gasteiger partial charge in [0.25, 0.3) is 0 Å². The Hall–Kier alpha value is -2.38. The first-order valence-corrected chi connectivity index (χ1v) is 9.88. The summed E-state index contributed by atoms with van der Waals surface area (Å²) < 4.78 is 42.7. The molecule has 0 radical (unpaired) electrons. The predicted molar refractivity (Wildman–Crippen MR) is 111 cm³/mol. The lowest BCUT2D eigenvalue weighted by atomic mass is 9.63. The van der Waals surface area contributed by atoms with Gasteiger partial charge >= 0.3 is 6.18 Å². The Morgan fingerprint density at radius 3 is 2.63 bits per heavy atom. The number of rotatable bonds is 2. The molecule has 2 aromatic carbocycles. The molecule has 0 saturated heterocycles. The molecule has 2 unspecified atom stereocenters. The maximum atomic E-state index is 14.2. The van der Waals surface area contributed by atoms with Gasteiger partial charge in [0.1, 0.15) is 5.82 Å². The minimum absolute atomic E-state index is 0.305. The van der Waals surface area contributed by atoms with Gasteiger partial charge in [0.2, 0.25) is 0 Å². The summed E-state index contributed by atoms with van der Waals surface area (Å²) in [4.78, 5) is 8.51. The van der Waals surface area contributed by atoms with Gasteiger partial charge in [-0.05, 0) is 54.2 Å². The normalized spacial score (nSPS) is 23.3. The fourth-order valence-electron chi connectivity index (χ4n) is 4.41. The Kier molecular flexibility index (Phi) is 4.74. The van der Waals surface area contributed by atoms with Crippen LogP contribution in [0.5, 0.6) is 0 Å². The first-order valence-electron chi connectivity index (χ1n) is 9.50. The molecular weight excluding hydrogens is 415 g/mol. The summed E-state index contributed by atoms with van der Waals surface area (Å²) in [5, 5.41) is 14.9. The summed E-state index contributed by atoms with van der Waals surface area (Å²) in [7, 11) is 0. The van der Waals surface area contributed by atoms with Crippen molar-refractivity contribution in [3.63, 3.8) is 0 Å². The maximum absolute atomic E-state index is 14.2. The highest BCUT2D eigenvalue weighted by Crippen LogP contribution is 2.54. The van der Waals surface area contributed by atoms with E-state index in [2.05, 4.69) is 15.3 Å². The van der Waals surface area contributed by atoms with Crippen LogP contribution in [0.4, 0.5) is 18.9 Å². The lowest BCUT2D eigenvalue weighted by Crippen LogP contribution is -2.58. The minimum atomic E-state index is -4.86. The summed E-state index contributed by atoms with van der Waals surface area (Å²) in [6.07, 6.45) is -3.78. The van der Waals surface area contributed by atoms with E-state index in [9.17, 15) is 18.3 Å². The van der Waals surface area contributed by atoms with E-state index >= 15 is 0 Å². The second kappa shape index (κ2) is 6.82. The number of nitrogens with zero attached hydrogens (tertiary/aromatic N) is 2. The van der Waals surface area contributed by atoms with Crippen molar-refractivity contribution in [2.75, 3.05) is 5.32 Å². The molecule has 8 heteroatoms. The van der Waals surface area contributed by atoms with E-state index in [1.54, 1.807) is 57.3 Å². The summed E-state index contributed by atoms with van der Waals surface area (Å²) in [6.45, 7) is 5.13. The van der Waals surface area contributed by atoms with Crippen LogP contribution in [0.25, 0.3) is 10.9 Å². The molecule has 4 rings (SSSR count). The van der Waals surface area contributed by atoms with Gasteiger partial charge in [-0.3, -0.25) is 0 Å². The molecule has 2 atom stereocenters. The van der Waals surface area contributed by atoms with Crippen molar-refractivity contribution in [2.45, 2.75) is 50.4 Å². The Morgan fingerprint density at radius 1 is 1.20 bits per heavy atom. The topological polar surface area (TPSA) is 58.0 Å². The van der Waals surface area contributed by atoms with Crippen LogP contribution in [0.1, 0.15) is 43.3 Å². The number of hydrogen-bond donors (Lipinski definition) is 2. The summed E-state index contributed by atoms with van der Waals surface area (Å²) in [5.74, 6) is 0.558. The molecule has 2 N–H and O–H groups in total. The lowest BCUT2D eigenvalue weighted by molar-refractivity contribution is -0.275. The average Bonchev–Trinajstić information content (AvgIpc) is 2.63. The van der Waals surface area contributed by atoms with Crippen molar-refractivity contribution < 1.29 is 18.3 Å². The number of alkyl halides is 3. The monoisotopic (exact) mass is 435 g/mol. The van der Waals surface area contributed by atoms with Crippen molar-refractivity contribution in [1.82, 2.24) is 9.97 Å². The van der Waals surface area contributed by atoms with Gasteiger partial charge in [-0.15, -0.1) is 0 Å². The van der Waals surface area contributed by atoms with Crippen LogP contribution < -0.4 is 5.32 Å². The molecule has 0 aliphatic heterocycles. The SMILES string of the molecule is Cc1ncc2c(NC3c4cc(Cl)ccc4C(C)(C)CC3(O)C(F)(F)F)cccc2n1. The summed E-state index contributed by atoms with van der Waals surface area (Å²) >= 11 is 6.15. The Balaban J connectivity index is 1.93. The third-order valence-corrected chi connectivity index (χ3v) is 6.01. The van der Waals surface area contributed by atoms with Crippen LogP contribution in [-0.2, 0) is 5.41 Å². The van der Waals surface area contributed by atoms with Crippen LogP contribution in [-0.4, -0.2) is 26.9 Å². The molecule has 1 heterocycles. The molecule has 0 saturated carbocycles. The first kappa shape index (κ1) is 20.9. The zero-order valence-electron chi connectivity index (χ0n) is 16.7. The third kappa shape index (κ3) is 3.30. The number of aliphatic hydroxyl groups is 1. The van der Waals surface area contributed by atoms with E-state index in [0.29, 0.717) is 38.6 Å². The molecule has 4 nitrogen and oxygen atoms in total. The van der Waals surface area contributed by atoms with Gasteiger partial charge in [0, 0.05) is 22.3 Å². The number of anilines is 1. The number of benzene rings is 2. The smallest absolute Gasteiger partial charge is 0.379 e. The number of aryl methyl sites for hydroxylation is 1. The summed E-state index contributed by atoms with van der Waals surface area (Å²) in [5.41, 5.74) is -1.85. The second-order valence-electron chi connectivity index (χ2n) is 8.45. The molecule has 1 aromatic heterocycles. The standard InChI is InChI=1S/C22H21ClF3N3O/c1-12-27-10-15-17(28-12)5-4-6-18(15)29-19-14-9-13(23)7-8-16(14)20(2,3)11-21(19,30)22(24,25)26/h4-10,19,29-30H,11H2,1-3H3. The fourth-order valence-corrected chi connectivity index (χ4v) is 4.59. The number of hydrogen-bond acceptors (Lipinski definition) is 4. The fraction of sp³-hybridized carbons (Fsp3) is 0.364. The molecule has 0 amide bonds. The van der Waals surface area contributed by atoms with Crippen molar-refractivity contribution in [2.24, 2.45) is 0 Å². The van der Waals surface area contributed by atoms with Gasteiger partial charge in [0.15, 0.2) is 5.60 Å². The average molecular weight is 436 g/mol. The molecule has 1 aliphatic carbocycles. The van der Waals surface area contributed by atoms with Gasteiger partial charge in [-0.1, -0.05) is 37.6 Å². The highest BCUT2D eigenvalue weighted by molar-refractivity contribution is 6.30. The van der Waals surface area contributed by atoms with Crippen LogP contribution in [0.3, 0.4) is 0 Å². The van der Waals surface area contributed by atoms with Crippen LogP contribution in [0.2, 0.25) is 5.02 Å². The van der Waals surface area contributed by atoms with E-state index in [-0.39, 0.29) is 0 Å². The Bertz CT molecular complexity index is 1130. The van der Waals surface area contributed by atoms with E-state index in [4.69, 9.17) is 11.6 Å². The zero-order chi connectivity index (χ0) is 21.9. The van der Waals surface area contributed by atoms with Crippen LogP contribution >= 0.6 is 11.6 Å². The highest BCUT2D eigenvalue weighted by Gasteiger charge is 2.63. The summed E-state index contributed by atoms with van der Waals surface area (Å²) in [6, 6.07) is 8.56. The Morgan fingerprint density at radius 2 is 1.93 bits per heavy atom. The molecule has 0 fully saturated rings. The van der Waals surface area contributed by atoms with Gasteiger partial charge < -0.3 is 10.4 Å². The largest absolute Gasteiger partial charge is 0.419 e. The maximum Gasteiger partial charge on any atom is 0.419 e. The van der Waals surface area contributed by atoms with Gasteiger partial charge in [-0.25, -0.2) is 9.97 Å².